The first-order chi connectivity index (χ1) is 12.5. The maximum atomic E-state index is 12.0. The summed E-state index contributed by atoms with van der Waals surface area (Å²) in [7, 11) is -3.54. The molecule has 0 atom stereocenters. The number of nitrogens with one attached hydrogen (secondary N) is 2. The van der Waals surface area contributed by atoms with E-state index in [1.54, 1.807) is 18.2 Å². The largest absolute Gasteiger partial charge is 0.492 e. The van der Waals surface area contributed by atoms with E-state index in [-0.39, 0.29) is 23.9 Å². The molecule has 0 bridgehead atoms. The molecular formula is C18H21BrN2O4S. The summed E-state index contributed by atoms with van der Waals surface area (Å²) in [5.41, 5.74) is 0. The van der Waals surface area contributed by atoms with Crippen molar-refractivity contribution < 1.29 is 17.9 Å². The Morgan fingerprint density at radius 1 is 1.00 bits per heavy atom. The average Bonchev–Trinajstić information content (AvgIpc) is 2.64. The fourth-order valence-electron chi connectivity index (χ4n) is 2.14. The smallest absolute Gasteiger partial charge is 0.240 e. The van der Waals surface area contributed by atoms with E-state index in [0.29, 0.717) is 19.4 Å². The Bertz CT molecular complexity index is 813. The third-order valence-electron chi connectivity index (χ3n) is 3.44. The summed E-state index contributed by atoms with van der Waals surface area (Å²) in [5.74, 6) is 0.600. The second kappa shape index (κ2) is 10.3. The van der Waals surface area contributed by atoms with Gasteiger partial charge in [-0.2, -0.15) is 0 Å². The van der Waals surface area contributed by atoms with Crippen molar-refractivity contribution in [1.82, 2.24) is 10.0 Å². The Morgan fingerprint density at radius 3 is 2.42 bits per heavy atom. The van der Waals surface area contributed by atoms with Crippen LogP contribution in [0.3, 0.4) is 0 Å². The van der Waals surface area contributed by atoms with Gasteiger partial charge in [0.1, 0.15) is 5.75 Å². The molecule has 0 aliphatic carbocycles. The quantitative estimate of drug-likeness (QED) is 0.556. The Balaban J connectivity index is 1.60. The highest BCUT2D eigenvalue weighted by atomic mass is 79.9. The number of para-hydroxylation sites is 1. The van der Waals surface area contributed by atoms with Crippen LogP contribution in [0.25, 0.3) is 0 Å². The molecule has 0 aromatic heterocycles. The molecule has 0 spiro atoms. The van der Waals surface area contributed by atoms with E-state index in [0.717, 1.165) is 10.2 Å². The standard InChI is InChI=1S/C18H21BrN2O4S/c19-16-9-4-5-10-17(16)25-14-6-11-18(22)20-12-13-21-26(23,24)15-7-2-1-3-8-15/h1-5,7-10,21H,6,11-14H2,(H,20,22). The van der Waals surface area contributed by atoms with Gasteiger partial charge in [0, 0.05) is 19.5 Å². The van der Waals surface area contributed by atoms with Crippen molar-refractivity contribution in [1.29, 1.82) is 0 Å². The molecule has 0 heterocycles. The van der Waals surface area contributed by atoms with Gasteiger partial charge in [0.25, 0.3) is 0 Å². The van der Waals surface area contributed by atoms with Gasteiger partial charge < -0.3 is 10.1 Å². The zero-order valence-electron chi connectivity index (χ0n) is 14.2. The Morgan fingerprint density at radius 2 is 1.69 bits per heavy atom. The van der Waals surface area contributed by atoms with E-state index >= 15 is 0 Å². The summed E-state index contributed by atoms with van der Waals surface area (Å²) in [6, 6.07) is 15.6. The average molecular weight is 441 g/mol. The molecule has 140 valence electrons. The first kappa shape index (κ1) is 20.4. The lowest BCUT2D eigenvalue weighted by Crippen LogP contribution is -2.34. The van der Waals surface area contributed by atoms with Crippen LogP contribution in [0.5, 0.6) is 5.75 Å². The van der Waals surface area contributed by atoms with E-state index in [4.69, 9.17) is 4.74 Å². The Hall–Kier alpha value is -1.90. The number of benzene rings is 2. The van der Waals surface area contributed by atoms with Gasteiger partial charge in [-0.25, -0.2) is 13.1 Å². The summed E-state index contributed by atoms with van der Waals surface area (Å²) >= 11 is 3.39. The molecule has 0 fully saturated rings. The highest BCUT2D eigenvalue weighted by Gasteiger charge is 2.12. The summed E-state index contributed by atoms with van der Waals surface area (Å²) in [5, 5.41) is 2.69. The van der Waals surface area contributed by atoms with E-state index in [9.17, 15) is 13.2 Å². The highest BCUT2D eigenvalue weighted by molar-refractivity contribution is 9.10. The second-order valence-corrected chi connectivity index (χ2v) is 8.06. The van der Waals surface area contributed by atoms with Gasteiger partial charge in [0.05, 0.1) is 16.0 Å². The molecular weight excluding hydrogens is 420 g/mol. The Kier molecular flexibility index (Phi) is 8.08. The van der Waals surface area contributed by atoms with Gasteiger partial charge in [-0.1, -0.05) is 30.3 Å². The van der Waals surface area contributed by atoms with E-state index < -0.39 is 10.0 Å². The third-order valence-corrected chi connectivity index (χ3v) is 5.57. The molecule has 1 amide bonds. The van der Waals surface area contributed by atoms with Gasteiger partial charge >= 0.3 is 0 Å². The third kappa shape index (κ3) is 6.78. The maximum absolute atomic E-state index is 12.0. The van der Waals surface area contributed by atoms with Gasteiger partial charge in [-0.3, -0.25) is 4.79 Å². The summed E-state index contributed by atoms with van der Waals surface area (Å²) in [6.45, 7) is 0.795. The van der Waals surface area contributed by atoms with Crippen LogP contribution in [0.15, 0.2) is 64.0 Å². The van der Waals surface area contributed by atoms with Crippen molar-refractivity contribution in [2.45, 2.75) is 17.7 Å². The minimum atomic E-state index is -3.54. The SMILES string of the molecule is O=C(CCCOc1ccccc1Br)NCCNS(=O)(=O)c1ccccc1. The number of sulfonamides is 1. The highest BCUT2D eigenvalue weighted by Crippen LogP contribution is 2.23. The molecule has 0 saturated carbocycles. The lowest BCUT2D eigenvalue weighted by Gasteiger charge is -2.09. The molecule has 2 N–H and O–H groups in total. The lowest BCUT2D eigenvalue weighted by molar-refractivity contribution is -0.121. The number of carbonyl (C=O) groups excluding carboxylic acids is 1. The van der Waals surface area contributed by atoms with Gasteiger partial charge in [0.2, 0.25) is 15.9 Å². The number of hydrogen-bond acceptors (Lipinski definition) is 4. The lowest BCUT2D eigenvalue weighted by atomic mass is 10.3. The molecule has 8 heteroatoms. The number of carbonyl (C=O) groups is 1. The van der Waals surface area contributed by atoms with Crippen molar-refractivity contribution in [3.05, 3.63) is 59.1 Å². The second-order valence-electron chi connectivity index (χ2n) is 5.44. The van der Waals surface area contributed by atoms with Crippen LogP contribution < -0.4 is 14.8 Å². The Labute approximate surface area is 162 Å². The topological polar surface area (TPSA) is 84.5 Å². The predicted molar refractivity (Wildman–Crippen MR) is 104 cm³/mol. The van der Waals surface area contributed by atoms with Crippen LogP contribution in [-0.4, -0.2) is 34.0 Å². The summed E-state index contributed by atoms with van der Waals surface area (Å²) in [6.07, 6.45) is 0.888. The maximum Gasteiger partial charge on any atom is 0.240 e. The minimum Gasteiger partial charge on any atom is -0.492 e. The molecule has 0 unspecified atom stereocenters. The van der Waals surface area contributed by atoms with Gasteiger partial charge in [-0.05, 0) is 46.6 Å². The monoisotopic (exact) mass is 440 g/mol. The molecule has 6 nitrogen and oxygen atoms in total. The van der Waals surface area contributed by atoms with Crippen LogP contribution in [0.1, 0.15) is 12.8 Å². The number of amides is 1. The number of hydrogen-bond donors (Lipinski definition) is 2. The van der Waals surface area contributed by atoms with Crippen molar-refractivity contribution in [2.75, 3.05) is 19.7 Å². The molecule has 2 rings (SSSR count). The van der Waals surface area contributed by atoms with Crippen molar-refractivity contribution in [2.24, 2.45) is 0 Å². The van der Waals surface area contributed by atoms with E-state index in [1.807, 2.05) is 24.3 Å². The number of halogens is 1. The first-order valence-electron chi connectivity index (χ1n) is 8.18. The molecule has 0 aliphatic rings. The summed E-state index contributed by atoms with van der Waals surface area (Å²) < 4.78 is 32.9. The molecule has 2 aromatic carbocycles. The molecule has 0 radical (unpaired) electrons. The molecule has 2 aromatic rings. The first-order valence-corrected chi connectivity index (χ1v) is 10.5. The van der Waals surface area contributed by atoms with Crippen LogP contribution in [0.2, 0.25) is 0 Å². The number of rotatable bonds is 10. The van der Waals surface area contributed by atoms with Crippen LogP contribution >= 0.6 is 15.9 Å². The fourth-order valence-corrected chi connectivity index (χ4v) is 3.59. The predicted octanol–water partition coefficient (Wildman–Crippen LogP) is 2.70. The fraction of sp³-hybridized carbons (Fsp3) is 0.278. The van der Waals surface area contributed by atoms with Crippen LogP contribution in [0.4, 0.5) is 0 Å². The summed E-state index contributed by atoms with van der Waals surface area (Å²) in [4.78, 5) is 12.0. The molecule has 0 saturated heterocycles. The normalized spacial score (nSPS) is 11.1. The van der Waals surface area contributed by atoms with Crippen LogP contribution in [-0.2, 0) is 14.8 Å². The molecule has 0 aliphatic heterocycles. The van der Waals surface area contributed by atoms with Gasteiger partial charge in [-0.15, -0.1) is 0 Å². The van der Waals surface area contributed by atoms with Gasteiger partial charge in [0.15, 0.2) is 0 Å². The van der Waals surface area contributed by atoms with Crippen LogP contribution in [0, 0.1) is 0 Å². The molecule has 26 heavy (non-hydrogen) atoms. The zero-order chi connectivity index (χ0) is 18.8. The van der Waals surface area contributed by atoms with Crippen molar-refractivity contribution >= 4 is 31.9 Å². The van der Waals surface area contributed by atoms with E-state index in [1.165, 1.54) is 12.1 Å². The number of ether oxygens (including phenoxy) is 1. The van der Waals surface area contributed by atoms with E-state index in [2.05, 4.69) is 26.0 Å². The van der Waals surface area contributed by atoms with Crippen molar-refractivity contribution in [3.8, 4) is 5.75 Å². The zero-order valence-corrected chi connectivity index (χ0v) is 16.6. The van der Waals surface area contributed by atoms with Crippen molar-refractivity contribution in [3.63, 3.8) is 0 Å². The minimum absolute atomic E-state index is 0.135.